The van der Waals surface area contributed by atoms with Crippen LogP contribution >= 0.6 is 0 Å². The van der Waals surface area contributed by atoms with E-state index in [4.69, 9.17) is 0 Å². The second kappa shape index (κ2) is 7.52. The molecule has 2 amide bonds. The molecule has 28 heavy (non-hydrogen) atoms. The lowest BCUT2D eigenvalue weighted by atomic mass is 10.1. The molecular weight excluding hydrogens is 352 g/mol. The number of nitrogens with zero attached hydrogens (tertiary/aromatic N) is 1. The van der Waals surface area contributed by atoms with Crippen molar-refractivity contribution < 1.29 is 9.59 Å². The van der Waals surface area contributed by atoms with Gasteiger partial charge in [-0.15, -0.1) is 0 Å². The second-order valence-electron chi connectivity index (χ2n) is 6.77. The molecule has 2 aromatic heterocycles. The quantitative estimate of drug-likeness (QED) is 0.480. The first-order valence-corrected chi connectivity index (χ1v) is 9.12. The maximum absolute atomic E-state index is 12.4. The summed E-state index contributed by atoms with van der Waals surface area (Å²) in [5.74, 6) is -1.35. The monoisotopic (exact) mass is 372 g/mol. The van der Waals surface area contributed by atoms with Crippen LogP contribution in [0, 0.1) is 0 Å². The van der Waals surface area contributed by atoms with Crippen LogP contribution in [0.4, 0.5) is 5.69 Å². The van der Waals surface area contributed by atoms with Crippen LogP contribution in [-0.4, -0.2) is 27.8 Å². The number of benzene rings is 2. The molecule has 0 unspecified atom stereocenters. The highest BCUT2D eigenvalue weighted by Crippen LogP contribution is 2.21. The highest BCUT2D eigenvalue weighted by atomic mass is 16.2. The van der Waals surface area contributed by atoms with Gasteiger partial charge in [0.1, 0.15) is 0 Å². The van der Waals surface area contributed by atoms with Crippen LogP contribution in [-0.2, 0) is 16.0 Å². The van der Waals surface area contributed by atoms with Gasteiger partial charge in [0.15, 0.2) is 0 Å². The van der Waals surface area contributed by atoms with Gasteiger partial charge in [-0.25, -0.2) is 0 Å². The molecular formula is C22H20N4O2. The Bertz CT molecular complexity index is 1160. The summed E-state index contributed by atoms with van der Waals surface area (Å²) in [6.07, 6.45) is 4.25. The molecule has 140 valence electrons. The number of fused-ring (bicyclic) bond motifs is 2. The van der Waals surface area contributed by atoms with Gasteiger partial charge in [-0.1, -0.05) is 24.3 Å². The fraction of sp³-hybridized carbons (Fsp3) is 0.136. The molecule has 3 N–H and O–H groups in total. The third-order valence-corrected chi connectivity index (χ3v) is 4.68. The molecule has 4 rings (SSSR count). The van der Waals surface area contributed by atoms with Gasteiger partial charge < -0.3 is 15.6 Å². The van der Waals surface area contributed by atoms with Crippen molar-refractivity contribution >= 4 is 39.3 Å². The number of anilines is 1. The van der Waals surface area contributed by atoms with E-state index in [1.54, 1.807) is 24.4 Å². The van der Waals surface area contributed by atoms with Crippen molar-refractivity contribution in [1.29, 1.82) is 0 Å². The first kappa shape index (κ1) is 17.7. The average Bonchev–Trinajstić information content (AvgIpc) is 3.11. The fourth-order valence-electron chi connectivity index (χ4n) is 3.36. The Kier molecular flexibility index (Phi) is 4.76. The maximum Gasteiger partial charge on any atom is 0.313 e. The van der Waals surface area contributed by atoms with Crippen LogP contribution < -0.4 is 10.6 Å². The molecule has 4 aromatic rings. The lowest BCUT2D eigenvalue weighted by Gasteiger charge is -2.14. The minimum absolute atomic E-state index is 0.188. The number of rotatable bonds is 4. The molecule has 0 saturated carbocycles. The zero-order chi connectivity index (χ0) is 19.5. The lowest BCUT2D eigenvalue weighted by molar-refractivity contribution is -0.136. The summed E-state index contributed by atoms with van der Waals surface area (Å²) in [6, 6.07) is 16.9. The van der Waals surface area contributed by atoms with Crippen LogP contribution in [0.5, 0.6) is 0 Å². The van der Waals surface area contributed by atoms with E-state index >= 15 is 0 Å². The summed E-state index contributed by atoms with van der Waals surface area (Å²) < 4.78 is 0. The van der Waals surface area contributed by atoms with Crippen molar-refractivity contribution in [3.8, 4) is 0 Å². The van der Waals surface area contributed by atoms with E-state index in [9.17, 15) is 9.59 Å². The Morgan fingerprint density at radius 3 is 2.71 bits per heavy atom. The number of amides is 2. The summed E-state index contributed by atoms with van der Waals surface area (Å²) in [7, 11) is 0. The van der Waals surface area contributed by atoms with Crippen molar-refractivity contribution in [2.75, 3.05) is 5.32 Å². The smallest absolute Gasteiger partial charge is 0.313 e. The summed E-state index contributed by atoms with van der Waals surface area (Å²) in [5, 5.41) is 7.36. The highest BCUT2D eigenvalue weighted by Gasteiger charge is 2.18. The number of H-pyrrole nitrogens is 1. The number of para-hydroxylation sites is 1. The molecule has 0 spiro atoms. The normalized spacial score (nSPS) is 12.0. The molecule has 0 bridgehead atoms. The van der Waals surface area contributed by atoms with E-state index in [0.717, 1.165) is 27.4 Å². The van der Waals surface area contributed by atoms with Gasteiger partial charge in [0, 0.05) is 34.7 Å². The molecule has 0 saturated heterocycles. The predicted molar refractivity (Wildman–Crippen MR) is 110 cm³/mol. The number of aromatic nitrogens is 2. The second-order valence-corrected chi connectivity index (χ2v) is 6.77. The summed E-state index contributed by atoms with van der Waals surface area (Å²) in [5.41, 5.74) is 3.48. The molecule has 2 heterocycles. The van der Waals surface area contributed by atoms with Crippen LogP contribution in [0.1, 0.15) is 12.5 Å². The van der Waals surface area contributed by atoms with E-state index in [2.05, 4.69) is 20.6 Å². The van der Waals surface area contributed by atoms with Gasteiger partial charge in [0.2, 0.25) is 0 Å². The van der Waals surface area contributed by atoms with Gasteiger partial charge in [0.25, 0.3) is 0 Å². The molecule has 6 nitrogen and oxygen atoms in total. The van der Waals surface area contributed by atoms with E-state index < -0.39 is 11.8 Å². The standard InChI is InChI=1S/C22H20N4O2/c1-14(12-15-13-24-18-8-3-2-6-16(15)18)25-21(27)22(28)26-20-10-4-9-19-17(20)7-5-11-23-19/h2-11,13-14,24H,12H2,1H3,(H,25,27)(H,26,28)/t14-/m0/s1. The Hall–Kier alpha value is -3.67. The van der Waals surface area contributed by atoms with Crippen LogP contribution in [0.25, 0.3) is 21.8 Å². The summed E-state index contributed by atoms with van der Waals surface area (Å²) in [6.45, 7) is 1.88. The minimum atomic E-state index is -0.692. The summed E-state index contributed by atoms with van der Waals surface area (Å²) in [4.78, 5) is 32.2. The Labute approximate surface area is 162 Å². The number of carbonyl (C=O) groups excluding carboxylic acids is 2. The minimum Gasteiger partial charge on any atom is -0.361 e. The van der Waals surface area contributed by atoms with Gasteiger partial charge in [-0.3, -0.25) is 14.6 Å². The molecule has 0 aliphatic rings. The van der Waals surface area contributed by atoms with Crippen LogP contribution in [0.3, 0.4) is 0 Å². The number of hydrogen-bond acceptors (Lipinski definition) is 3. The molecule has 0 fully saturated rings. The van der Waals surface area contributed by atoms with E-state index in [1.807, 2.05) is 49.5 Å². The van der Waals surface area contributed by atoms with Crippen molar-refractivity contribution in [2.24, 2.45) is 0 Å². The maximum atomic E-state index is 12.4. The lowest BCUT2D eigenvalue weighted by Crippen LogP contribution is -2.41. The van der Waals surface area contributed by atoms with E-state index in [0.29, 0.717) is 12.1 Å². The van der Waals surface area contributed by atoms with Crippen molar-refractivity contribution in [3.63, 3.8) is 0 Å². The molecule has 0 radical (unpaired) electrons. The van der Waals surface area contributed by atoms with Crippen LogP contribution in [0.2, 0.25) is 0 Å². The fourth-order valence-corrected chi connectivity index (χ4v) is 3.36. The molecule has 0 aliphatic heterocycles. The Morgan fingerprint density at radius 2 is 1.82 bits per heavy atom. The molecule has 6 heteroatoms. The summed E-state index contributed by atoms with van der Waals surface area (Å²) >= 11 is 0. The SMILES string of the molecule is C[C@@H](Cc1c[nH]c2ccccc12)NC(=O)C(=O)Nc1cccc2ncccc12. The topological polar surface area (TPSA) is 86.9 Å². The third kappa shape index (κ3) is 3.57. The largest absolute Gasteiger partial charge is 0.361 e. The van der Waals surface area contributed by atoms with E-state index in [1.165, 1.54) is 0 Å². The van der Waals surface area contributed by atoms with Gasteiger partial charge in [-0.2, -0.15) is 0 Å². The van der Waals surface area contributed by atoms with Crippen molar-refractivity contribution in [1.82, 2.24) is 15.3 Å². The first-order valence-electron chi connectivity index (χ1n) is 9.12. The van der Waals surface area contributed by atoms with Gasteiger partial charge in [-0.05, 0) is 49.2 Å². The number of aromatic amines is 1. The molecule has 2 aromatic carbocycles. The average molecular weight is 372 g/mol. The number of nitrogens with one attached hydrogen (secondary N) is 3. The number of carbonyl (C=O) groups is 2. The molecule has 0 aliphatic carbocycles. The zero-order valence-corrected chi connectivity index (χ0v) is 15.4. The zero-order valence-electron chi connectivity index (χ0n) is 15.4. The third-order valence-electron chi connectivity index (χ3n) is 4.68. The Morgan fingerprint density at radius 1 is 1.00 bits per heavy atom. The first-order chi connectivity index (χ1) is 13.6. The van der Waals surface area contributed by atoms with E-state index in [-0.39, 0.29) is 6.04 Å². The number of pyridine rings is 1. The molecule has 1 atom stereocenters. The van der Waals surface area contributed by atoms with Gasteiger partial charge in [0.05, 0.1) is 11.2 Å². The van der Waals surface area contributed by atoms with Crippen molar-refractivity contribution in [2.45, 2.75) is 19.4 Å². The number of hydrogen-bond donors (Lipinski definition) is 3. The highest BCUT2D eigenvalue weighted by molar-refractivity contribution is 6.40. The predicted octanol–water partition coefficient (Wildman–Crippen LogP) is 3.40. The van der Waals surface area contributed by atoms with Crippen molar-refractivity contribution in [3.05, 3.63) is 72.6 Å². The van der Waals surface area contributed by atoms with Gasteiger partial charge >= 0.3 is 11.8 Å². The van der Waals surface area contributed by atoms with Crippen LogP contribution in [0.15, 0.2) is 67.0 Å². The Balaban J connectivity index is 1.42.